The minimum Gasteiger partial charge on any atom is -0.463 e. The van der Waals surface area contributed by atoms with Gasteiger partial charge in [0.25, 0.3) is 0 Å². The van der Waals surface area contributed by atoms with Gasteiger partial charge >= 0.3 is 12.1 Å². The minimum absolute atomic E-state index is 0.309. The fraction of sp³-hybridized carbons (Fsp3) is 0.750. The third-order valence-corrected chi connectivity index (χ3v) is 3.15. The van der Waals surface area contributed by atoms with Crippen LogP contribution < -0.4 is 0 Å². The van der Waals surface area contributed by atoms with E-state index in [2.05, 4.69) is 0 Å². The normalized spacial score (nSPS) is 21.7. The van der Waals surface area contributed by atoms with Crippen molar-refractivity contribution in [1.82, 2.24) is 4.90 Å². The molecule has 0 aromatic rings. The number of ether oxygens (including phenoxy) is 3. The van der Waals surface area contributed by atoms with Crippen LogP contribution in [0.15, 0.2) is 11.6 Å². The third-order valence-electron chi connectivity index (χ3n) is 3.15. The van der Waals surface area contributed by atoms with E-state index in [0.29, 0.717) is 18.8 Å². The molecule has 0 aromatic carbocycles. The van der Waals surface area contributed by atoms with Gasteiger partial charge in [0.2, 0.25) is 0 Å². The summed E-state index contributed by atoms with van der Waals surface area (Å²) >= 11 is 0. The number of carbonyl (C=O) groups excluding carboxylic acids is 2. The van der Waals surface area contributed by atoms with Gasteiger partial charge < -0.3 is 14.2 Å². The van der Waals surface area contributed by atoms with Gasteiger partial charge in [-0.3, -0.25) is 4.90 Å². The Hall–Kier alpha value is -1.56. The number of hydrogen-bond acceptors (Lipinski definition) is 5. The average molecular weight is 313 g/mol. The van der Waals surface area contributed by atoms with Crippen molar-refractivity contribution in [1.29, 1.82) is 0 Å². The molecule has 0 aliphatic carbocycles. The molecule has 22 heavy (non-hydrogen) atoms. The zero-order valence-electron chi connectivity index (χ0n) is 14.6. The second kappa shape index (κ2) is 6.69. The number of carbonyl (C=O) groups is 2. The Bertz CT molecular complexity index is 462. The van der Waals surface area contributed by atoms with Crippen LogP contribution in [0.5, 0.6) is 0 Å². The van der Waals surface area contributed by atoms with Crippen molar-refractivity contribution in [2.24, 2.45) is 0 Å². The topological polar surface area (TPSA) is 65.1 Å². The first kappa shape index (κ1) is 18.5. The maximum absolute atomic E-state index is 12.4. The summed E-state index contributed by atoms with van der Waals surface area (Å²) in [6.07, 6.45) is 1.23. The Morgan fingerprint density at radius 1 is 1.36 bits per heavy atom. The summed E-state index contributed by atoms with van der Waals surface area (Å²) in [7, 11) is 0. The molecule has 1 heterocycles. The Kier molecular flexibility index (Phi) is 5.62. The summed E-state index contributed by atoms with van der Waals surface area (Å²) in [5.74, 6) is -0.392. The SMILES string of the molecule is CCOC(=O)/C(C)=C/[C@H]1COC(C)(C)N1C(=O)OC(C)(C)C. The van der Waals surface area contributed by atoms with Crippen LogP contribution in [-0.2, 0) is 19.0 Å². The lowest BCUT2D eigenvalue weighted by atomic mass is 10.1. The van der Waals surface area contributed by atoms with Crippen molar-refractivity contribution in [3.8, 4) is 0 Å². The molecule has 1 saturated heterocycles. The number of nitrogens with zero attached hydrogens (tertiary/aromatic N) is 1. The lowest BCUT2D eigenvalue weighted by Gasteiger charge is -2.34. The molecule has 0 bridgehead atoms. The van der Waals surface area contributed by atoms with E-state index in [1.54, 1.807) is 33.8 Å². The Balaban J connectivity index is 2.97. The standard InChI is InChI=1S/C16H27NO5/c1-8-20-13(18)11(2)9-12-10-21-16(6,7)17(12)14(19)22-15(3,4)5/h9,12H,8,10H2,1-7H3/b11-9+/t12-/m0/s1. The molecule has 1 fully saturated rings. The minimum atomic E-state index is -0.793. The molecule has 126 valence electrons. The van der Waals surface area contributed by atoms with Gasteiger partial charge in [0.15, 0.2) is 0 Å². The van der Waals surface area contributed by atoms with Gasteiger partial charge in [-0.15, -0.1) is 0 Å². The highest BCUT2D eigenvalue weighted by atomic mass is 16.6. The van der Waals surface area contributed by atoms with Crippen molar-refractivity contribution in [2.75, 3.05) is 13.2 Å². The van der Waals surface area contributed by atoms with E-state index >= 15 is 0 Å². The molecule has 1 rings (SSSR count). The lowest BCUT2D eigenvalue weighted by molar-refractivity contribution is -0.138. The van der Waals surface area contributed by atoms with Crippen molar-refractivity contribution in [3.63, 3.8) is 0 Å². The molecule has 0 N–H and O–H groups in total. The maximum Gasteiger partial charge on any atom is 0.413 e. The first-order valence-corrected chi connectivity index (χ1v) is 7.49. The van der Waals surface area contributed by atoms with E-state index in [9.17, 15) is 9.59 Å². The smallest absolute Gasteiger partial charge is 0.413 e. The van der Waals surface area contributed by atoms with Crippen LogP contribution in [0.25, 0.3) is 0 Å². The highest BCUT2D eigenvalue weighted by molar-refractivity contribution is 5.88. The van der Waals surface area contributed by atoms with Crippen molar-refractivity contribution in [2.45, 2.75) is 65.8 Å². The molecule has 0 unspecified atom stereocenters. The molecule has 1 amide bonds. The zero-order valence-corrected chi connectivity index (χ0v) is 14.6. The quantitative estimate of drug-likeness (QED) is 0.592. The van der Waals surface area contributed by atoms with E-state index in [-0.39, 0.29) is 6.04 Å². The third kappa shape index (κ3) is 4.73. The molecule has 0 aromatic heterocycles. The fourth-order valence-corrected chi connectivity index (χ4v) is 2.22. The molecule has 0 spiro atoms. The van der Waals surface area contributed by atoms with Gasteiger partial charge in [0.1, 0.15) is 11.3 Å². The highest BCUT2D eigenvalue weighted by Crippen LogP contribution is 2.30. The van der Waals surface area contributed by atoms with Gasteiger partial charge in [-0.1, -0.05) is 0 Å². The molecule has 0 saturated carbocycles. The highest BCUT2D eigenvalue weighted by Gasteiger charge is 2.45. The van der Waals surface area contributed by atoms with Crippen molar-refractivity contribution >= 4 is 12.1 Å². The van der Waals surface area contributed by atoms with Crippen molar-refractivity contribution < 1.29 is 23.8 Å². The zero-order chi connectivity index (χ0) is 17.1. The van der Waals surface area contributed by atoms with Gasteiger partial charge in [-0.25, -0.2) is 9.59 Å². The van der Waals surface area contributed by atoms with Crippen LogP contribution in [0.1, 0.15) is 48.5 Å². The monoisotopic (exact) mass is 313 g/mol. The molecule has 0 radical (unpaired) electrons. The van der Waals surface area contributed by atoms with Gasteiger partial charge in [0, 0.05) is 5.57 Å². The predicted octanol–water partition coefficient (Wildman–Crippen LogP) is 2.87. The second-order valence-electron chi connectivity index (χ2n) is 6.75. The van der Waals surface area contributed by atoms with Crippen LogP contribution >= 0.6 is 0 Å². The van der Waals surface area contributed by atoms with Crippen LogP contribution in [0, 0.1) is 0 Å². The molecule has 1 aliphatic rings. The molecular weight excluding hydrogens is 286 g/mol. The summed E-state index contributed by atoms with van der Waals surface area (Å²) < 4.78 is 16.1. The van der Waals surface area contributed by atoms with Gasteiger partial charge in [-0.05, 0) is 54.5 Å². The van der Waals surface area contributed by atoms with Gasteiger partial charge in [0.05, 0.1) is 19.3 Å². The molecule has 1 atom stereocenters. The number of hydrogen-bond donors (Lipinski definition) is 0. The predicted molar refractivity (Wildman–Crippen MR) is 82.3 cm³/mol. The summed E-state index contributed by atoms with van der Waals surface area (Å²) in [6, 6.07) is -0.366. The van der Waals surface area contributed by atoms with E-state index < -0.39 is 23.4 Å². The van der Waals surface area contributed by atoms with E-state index in [0.717, 1.165) is 0 Å². The largest absolute Gasteiger partial charge is 0.463 e. The first-order valence-electron chi connectivity index (χ1n) is 7.49. The number of amides is 1. The number of rotatable bonds is 3. The summed E-state index contributed by atoms with van der Waals surface area (Å²) in [5, 5.41) is 0. The van der Waals surface area contributed by atoms with Crippen LogP contribution in [0.2, 0.25) is 0 Å². The Labute approximate surface area is 132 Å². The average Bonchev–Trinajstić information content (AvgIpc) is 2.62. The first-order chi connectivity index (χ1) is 9.98. The summed E-state index contributed by atoms with van der Waals surface area (Å²) in [6.45, 7) is 13.1. The van der Waals surface area contributed by atoms with Gasteiger partial charge in [-0.2, -0.15) is 0 Å². The molecule has 1 aliphatic heterocycles. The van der Waals surface area contributed by atoms with Crippen LogP contribution in [-0.4, -0.2) is 47.5 Å². The maximum atomic E-state index is 12.4. The van der Waals surface area contributed by atoms with Crippen LogP contribution in [0.3, 0.4) is 0 Å². The molecule has 6 heteroatoms. The summed E-state index contributed by atoms with van der Waals surface area (Å²) in [5.41, 5.74) is -0.944. The molecule has 6 nitrogen and oxygen atoms in total. The molecular formula is C16H27NO5. The summed E-state index contributed by atoms with van der Waals surface area (Å²) in [4.78, 5) is 25.7. The van der Waals surface area contributed by atoms with E-state index in [1.807, 2.05) is 20.8 Å². The Morgan fingerprint density at radius 3 is 2.45 bits per heavy atom. The fourth-order valence-electron chi connectivity index (χ4n) is 2.22. The van der Waals surface area contributed by atoms with E-state index in [1.165, 1.54) is 4.90 Å². The lowest BCUT2D eigenvalue weighted by Crippen LogP contribution is -2.49. The number of esters is 1. The van der Waals surface area contributed by atoms with E-state index in [4.69, 9.17) is 14.2 Å². The Morgan fingerprint density at radius 2 is 1.95 bits per heavy atom. The van der Waals surface area contributed by atoms with Crippen LogP contribution in [0.4, 0.5) is 4.79 Å². The van der Waals surface area contributed by atoms with Crippen molar-refractivity contribution in [3.05, 3.63) is 11.6 Å². The second-order valence-corrected chi connectivity index (χ2v) is 6.75.